The van der Waals surface area contributed by atoms with E-state index < -0.39 is 0 Å². The fraction of sp³-hybridized carbons (Fsp3) is 0. The normalized spacial score (nSPS) is 11.6. The third-order valence-electron chi connectivity index (χ3n) is 10.8. The maximum atomic E-state index is 5.37. The SMILES string of the molecule is c1ccc(-c2ccc(-c3cc(-c4cccc5c4sc4c5ccc5c4c4ccccc4n5-c4ccccc4)nc(-c4cccc(-c5ccccc5)c4)n3)cc2)cc1. The van der Waals surface area contributed by atoms with E-state index in [1.165, 1.54) is 53.1 Å². The highest BCUT2D eigenvalue weighted by molar-refractivity contribution is 7.27. The van der Waals surface area contributed by atoms with E-state index in [2.05, 4.69) is 205 Å². The highest BCUT2D eigenvalue weighted by Crippen LogP contribution is 2.46. The minimum atomic E-state index is 0.703. The fourth-order valence-electron chi connectivity index (χ4n) is 8.16. The van der Waals surface area contributed by atoms with Crippen molar-refractivity contribution in [2.45, 2.75) is 0 Å². The van der Waals surface area contributed by atoms with E-state index in [0.29, 0.717) is 5.82 Å². The van der Waals surface area contributed by atoms with Crippen molar-refractivity contribution in [1.82, 2.24) is 14.5 Å². The van der Waals surface area contributed by atoms with E-state index >= 15 is 0 Å². The van der Waals surface area contributed by atoms with Crippen molar-refractivity contribution in [3.63, 3.8) is 0 Å². The number of benzene rings is 8. The maximum absolute atomic E-state index is 5.37. The summed E-state index contributed by atoms with van der Waals surface area (Å²) in [5, 5.41) is 5.04. The van der Waals surface area contributed by atoms with Crippen LogP contribution in [-0.2, 0) is 0 Å². The molecule has 0 bridgehead atoms. The summed E-state index contributed by atoms with van der Waals surface area (Å²) in [4.78, 5) is 10.6. The van der Waals surface area contributed by atoms with Crippen LogP contribution < -0.4 is 0 Å². The second kappa shape index (κ2) is 13.3. The molecule has 0 atom stereocenters. The first-order valence-corrected chi connectivity index (χ1v) is 19.7. The average molecular weight is 732 g/mol. The Labute approximate surface area is 328 Å². The van der Waals surface area contributed by atoms with E-state index in [1.807, 2.05) is 11.3 Å². The summed E-state index contributed by atoms with van der Waals surface area (Å²) in [6.07, 6.45) is 0. The second-order valence-electron chi connectivity index (χ2n) is 14.2. The summed E-state index contributed by atoms with van der Waals surface area (Å²) < 4.78 is 4.90. The number of hydrogen-bond acceptors (Lipinski definition) is 3. The average Bonchev–Trinajstić information content (AvgIpc) is 3.83. The molecule has 0 aliphatic heterocycles. The van der Waals surface area contributed by atoms with Crippen molar-refractivity contribution in [3.8, 4) is 61.8 Å². The molecule has 3 nitrogen and oxygen atoms in total. The molecule has 4 heteroatoms. The zero-order chi connectivity index (χ0) is 37.0. The van der Waals surface area contributed by atoms with Gasteiger partial charge in [0.2, 0.25) is 0 Å². The van der Waals surface area contributed by atoms with Crippen molar-refractivity contribution < 1.29 is 0 Å². The van der Waals surface area contributed by atoms with Gasteiger partial charge in [0.05, 0.1) is 22.4 Å². The number of hydrogen-bond donors (Lipinski definition) is 0. The molecule has 0 radical (unpaired) electrons. The van der Waals surface area contributed by atoms with E-state index in [4.69, 9.17) is 9.97 Å². The van der Waals surface area contributed by atoms with E-state index in [0.717, 1.165) is 44.9 Å². The Morgan fingerprint density at radius 3 is 1.71 bits per heavy atom. The molecule has 0 amide bonds. The molecule has 11 rings (SSSR count). The number of fused-ring (bicyclic) bond motifs is 7. The van der Waals surface area contributed by atoms with Crippen LogP contribution in [0.1, 0.15) is 0 Å². The van der Waals surface area contributed by atoms with Gasteiger partial charge in [-0.3, -0.25) is 0 Å². The Bertz CT molecular complexity index is 3220. The van der Waals surface area contributed by atoms with Crippen LogP contribution in [0.4, 0.5) is 0 Å². The van der Waals surface area contributed by atoms with E-state index in [9.17, 15) is 0 Å². The molecule has 0 fully saturated rings. The minimum Gasteiger partial charge on any atom is -0.309 e. The van der Waals surface area contributed by atoms with Crippen LogP contribution in [0.5, 0.6) is 0 Å². The van der Waals surface area contributed by atoms with Gasteiger partial charge in [-0.2, -0.15) is 0 Å². The van der Waals surface area contributed by atoms with Gasteiger partial charge in [-0.1, -0.05) is 164 Å². The van der Waals surface area contributed by atoms with Gasteiger partial charge in [0.1, 0.15) is 0 Å². The van der Waals surface area contributed by atoms with Crippen LogP contribution in [0.3, 0.4) is 0 Å². The lowest BCUT2D eigenvalue weighted by atomic mass is 10.0. The fourth-order valence-corrected chi connectivity index (χ4v) is 9.54. The van der Waals surface area contributed by atoms with Gasteiger partial charge in [-0.15, -0.1) is 11.3 Å². The summed E-state index contributed by atoms with van der Waals surface area (Å²) >= 11 is 1.86. The molecule has 8 aromatic carbocycles. The van der Waals surface area contributed by atoms with Crippen LogP contribution in [0, 0.1) is 0 Å². The van der Waals surface area contributed by atoms with E-state index in [-0.39, 0.29) is 0 Å². The van der Waals surface area contributed by atoms with Crippen LogP contribution in [0.15, 0.2) is 200 Å². The van der Waals surface area contributed by atoms with Crippen molar-refractivity contribution in [3.05, 3.63) is 200 Å². The molecule has 3 heterocycles. The molecule has 0 spiro atoms. The summed E-state index contributed by atoms with van der Waals surface area (Å²) in [7, 11) is 0. The molecule has 0 aliphatic carbocycles. The van der Waals surface area contributed by atoms with Crippen LogP contribution in [0.25, 0.3) is 104 Å². The lowest BCUT2D eigenvalue weighted by Gasteiger charge is -2.11. The number of aromatic nitrogens is 3. The lowest BCUT2D eigenvalue weighted by Crippen LogP contribution is -1.96. The van der Waals surface area contributed by atoms with Gasteiger partial charge < -0.3 is 4.57 Å². The monoisotopic (exact) mass is 731 g/mol. The number of rotatable bonds is 6. The molecular formula is C52H33N3S. The van der Waals surface area contributed by atoms with Crippen molar-refractivity contribution in [1.29, 1.82) is 0 Å². The molecular weight excluding hydrogens is 699 g/mol. The van der Waals surface area contributed by atoms with Gasteiger partial charge in [-0.25, -0.2) is 9.97 Å². The second-order valence-corrected chi connectivity index (χ2v) is 15.2. The topological polar surface area (TPSA) is 30.7 Å². The van der Waals surface area contributed by atoms with Gasteiger partial charge >= 0.3 is 0 Å². The Balaban J connectivity index is 1.13. The lowest BCUT2D eigenvalue weighted by molar-refractivity contribution is 1.18. The molecule has 0 saturated carbocycles. The summed E-state index contributed by atoms with van der Waals surface area (Å²) in [6.45, 7) is 0. The molecule has 0 aliphatic rings. The first-order chi connectivity index (χ1) is 27.8. The highest BCUT2D eigenvalue weighted by Gasteiger charge is 2.20. The highest BCUT2D eigenvalue weighted by atomic mass is 32.1. The predicted octanol–water partition coefficient (Wildman–Crippen LogP) is 14.3. The van der Waals surface area contributed by atoms with Crippen molar-refractivity contribution in [2.75, 3.05) is 0 Å². The Morgan fingerprint density at radius 2 is 0.929 bits per heavy atom. The van der Waals surface area contributed by atoms with Crippen LogP contribution in [0.2, 0.25) is 0 Å². The zero-order valence-electron chi connectivity index (χ0n) is 30.3. The van der Waals surface area contributed by atoms with Gasteiger partial charge in [0.15, 0.2) is 5.82 Å². The first-order valence-electron chi connectivity index (χ1n) is 18.9. The first kappa shape index (κ1) is 32.3. The van der Waals surface area contributed by atoms with Crippen LogP contribution >= 0.6 is 11.3 Å². The third kappa shape index (κ3) is 5.42. The van der Waals surface area contributed by atoms with Crippen molar-refractivity contribution >= 4 is 53.3 Å². The third-order valence-corrected chi connectivity index (χ3v) is 12.1. The largest absolute Gasteiger partial charge is 0.309 e. The van der Waals surface area contributed by atoms with Gasteiger partial charge in [-0.05, 0) is 58.7 Å². The summed E-state index contributed by atoms with van der Waals surface area (Å²) in [5.41, 5.74) is 13.2. The predicted molar refractivity (Wildman–Crippen MR) is 236 cm³/mol. The minimum absolute atomic E-state index is 0.703. The standard InChI is InChI=1S/C52H33N3S/c1-4-14-34(15-5-1)36-26-28-37(29-27-36)45-33-46(54-52(53-45)39-19-12-18-38(32-39)35-16-6-2-7-17-35)43-24-13-23-41-42-30-31-48-49(51(42)56-50(41)43)44-22-10-11-25-47(44)55(48)40-20-8-3-9-21-40/h1-33H. The Morgan fingerprint density at radius 1 is 0.357 bits per heavy atom. The number of nitrogens with zero attached hydrogens (tertiary/aromatic N) is 3. The zero-order valence-corrected chi connectivity index (χ0v) is 31.1. The van der Waals surface area contributed by atoms with E-state index in [1.54, 1.807) is 0 Å². The molecule has 11 aromatic rings. The molecule has 56 heavy (non-hydrogen) atoms. The molecule has 0 unspecified atom stereocenters. The van der Waals surface area contributed by atoms with Gasteiger partial charge in [0, 0.05) is 53.3 Å². The summed E-state index contributed by atoms with van der Waals surface area (Å²) in [6, 6.07) is 71.2. The quantitative estimate of drug-likeness (QED) is 0.170. The Hall–Kier alpha value is -7.14. The van der Waals surface area contributed by atoms with Crippen LogP contribution in [-0.4, -0.2) is 14.5 Å². The van der Waals surface area contributed by atoms with Gasteiger partial charge in [0.25, 0.3) is 0 Å². The number of para-hydroxylation sites is 2. The number of thiophene rings is 1. The Kier molecular flexibility index (Phi) is 7.68. The molecule has 3 aromatic heterocycles. The van der Waals surface area contributed by atoms with Crippen molar-refractivity contribution in [2.24, 2.45) is 0 Å². The maximum Gasteiger partial charge on any atom is 0.160 e. The molecule has 0 saturated heterocycles. The summed E-state index contributed by atoms with van der Waals surface area (Å²) in [5.74, 6) is 0.703. The molecule has 262 valence electrons. The molecule has 0 N–H and O–H groups in total. The smallest absolute Gasteiger partial charge is 0.160 e.